The van der Waals surface area contributed by atoms with Crippen molar-refractivity contribution in [2.45, 2.75) is 33.5 Å². The van der Waals surface area contributed by atoms with Gasteiger partial charge in [0.15, 0.2) is 5.82 Å². The minimum atomic E-state index is -0.0316. The Morgan fingerprint density at radius 1 is 1.09 bits per heavy atom. The summed E-state index contributed by atoms with van der Waals surface area (Å²) in [4.78, 5) is 8.70. The molecular formula is C25H26N4O3. The van der Waals surface area contributed by atoms with E-state index in [4.69, 9.17) is 19.9 Å². The summed E-state index contributed by atoms with van der Waals surface area (Å²) in [6.07, 6.45) is 1.47. The van der Waals surface area contributed by atoms with E-state index in [1.165, 1.54) is 6.33 Å². The summed E-state index contributed by atoms with van der Waals surface area (Å²) in [6.45, 7) is 7.45. The van der Waals surface area contributed by atoms with Crippen molar-refractivity contribution in [2.75, 3.05) is 12.3 Å². The maximum Gasteiger partial charge on any atom is 0.151 e. The first-order valence-electron chi connectivity index (χ1n) is 10.8. The third kappa shape index (κ3) is 3.65. The molecule has 0 saturated carbocycles. The molecule has 1 atom stereocenters. The lowest BCUT2D eigenvalue weighted by Gasteiger charge is -2.13. The van der Waals surface area contributed by atoms with Crippen molar-refractivity contribution in [3.63, 3.8) is 0 Å². The molecular weight excluding hydrogens is 404 g/mol. The monoisotopic (exact) mass is 430 g/mol. The number of fused-ring (bicyclic) bond motifs is 3. The molecule has 3 heterocycles. The fourth-order valence-corrected chi connectivity index (χ4v) is 4.03. The first-order valence-corrected chi connectivity index (χ1v) is 10.8. The Kier molecular flexibility index (Phi) is 5.19. The van der Waals surface area contributed by atoms with Gasteiger partial charge in [-0.15, -0.1) is 0 Å². The topological polar surface area (TPSA) is 84.4 Å². The molecule has 0 radical (unpaired) electrons. The molecule has 0 spiro atoms. The molecule has 7 nitrogen and oxygen atoms in total. The van der Waals surface area contributed by atoms with Gasteiger partial charge in [-0.05, 0) is 49.2 Å². The molecule has 0 amide bonds. The van der Waals surface area contributed by atoms with Crippen LogP contribution in [-0.4, -0.2) is 21.1 Å². The van der Waals surface area contributed by atoms with Crippen LogP contribution in [0.2, 0.25) is 0 Å². The number of aromatic nitrogens is 3. The highest BCUT2D eigenvalue weighted by atomic mass is 16.5. The zero-order valence-corrected chi connectivity index (χ0v) is 18.4. The smallest absolute Gasteiger partial charge is 0.151 e. The van der Waals surface area contributed by atoms with Crippen LogP contribution in [0.5, 0.6) is 17.2 Å². The predicted molar refractivity (Wildman–Crippen MR) is 123 cm³/mol. The molecule has 32 heavy (non-hydrogen) atoms. The molecule has 2 aromatic carbocycles. The van der Waals surface area contributed by atoms with Crippen molar-refractivity contribution in [3.05, 3.63) is 66.1 Å². The van der Waals surface area contributed by atoms with Gasteiger partial charge < -0.3 is 24.5 Å². The minimum Gasteiger partial charge on any atom is -0.493 e. The fourth-order valence-electron chi connectivity index (χ4n) is 4.03. The SMILES string of the molecule is CC(C)COc1cccc(Oc2ccc(-n3c4c(c5ncnc(N)c53)C(C)OC4)cc2)c1. The van der Waals surface area contributed by atoms with Gasteiger partial charge in [0, 0.05) is 17.3 Å². The zero-order chi connectivity index (χ0) is 22.2. The molecule has 1 aliphatic heterocycles. The summed E-state index contributed by atoms with van der Waals surface area (Å²) in [6, 6.07) is 15.6. The molecule has 0 fully saturated rings. The predicted octanol–water partition coefficient (Wildman–Crippen LogP) is 5.42. The molecule has 5 rings (SSSR count). The number of hydrogen-bond donors (Lipinski definition) is 1. The number of nitrogens with two attached hydrogens (primary N) is 1. The van der Waals surface area contributed by atoms with E-state index >= 15 is 0 Å². The first kappa shape index (κ1) is 20.3. The van der Waals surface area contributed by atoms with E-state index in [0.29, 0.717) is 24.9 Å². The standard InChI is InChI=1S/C25H26N4O3/c1-15(2)12-31-19-5-4-6-20(11-19)32-18-9-7-17(8-10-18)29-21-13-30-16(3)22(21)23-24(29)25(26)28-14-27-23/h4-11,14-16H,12-13H2,1-3H3,(H2,26,27,28). The minimum absolute atomic E-state index is 0.0316. The first-order chi connectivity index (χ1) is 15.5. The Hall–Kier alpha value is -3.58. The molecule has 1 unspecified atom stereocenters. The average molecular weight is 431 g/mol. The second-order valence-corrected chi connectivity index (χ2v) is 8.38. The van der Waals surface area contributed by atoms with E-state index in [0.717, 1.165) is 45.2 Å². The van der Waals surface area contributed by atoms with Gasteiger partial charge in [-0.1, -0.05) is 19.9 Å². The molecule has 164 valence electrons. The van der Waals surface area contributed by atoms with Gasteiger partial charge in [0.05, 0.1) is 25.0 Å². The Balaban J connectivity index is 1.44. The summed E-state index contributed by atoms with van der Waals surface area (Å²) in [5.41, 5.74) is 11.0. The van der Waals surface area contributed by atoms with Gasteiger partial charge in [-0.2, -0.15) is 0 Å². The molecule has 2 N–H and O–H groups in total. The average Bonchev–Trinajstić information content (AvgIpc) is 3.32. The summed E-state index contributed by atoms with van der Waals surface area (Å²) in [7, 11) is 0. The zero-order valence-electron chi connectivity index (χ0n) is 18.4. The van der Waals surface area contributed by atoms with Gasteiger partial charge in [0.1, 0.15) is 34.6 Å². The Labute approximate surface area is 186 Å². The van der Waals surface area contributed by atoms with Crippen molar-refractivity contribution in [2.24, 2.45) is 5.92 Å². The lowest BCUT2D eigenvalue weighted by Crippen LogP contribution is -2.04. The van der Waals surface area contributed by atoms with Crippen molar-refractivity contribution < 1.29 is 14.2 Å². The highest BCUT2D eigenvalue weighted by Gasteiger charge is 2.30. The van der Waals surface area contributed by atoms with E-state index in [2.05, 4.69) is 28.4 Å². The van der Waals surface area contributed by atoms with E-state index in [1.54, 1.807) is 0 Å². The quantitative estimate of drug-likeness (QED) is 0.440. The molecule has 0 bridgehead atoms. The third-order valence-corrected chi connectivity index (χ3v) is 5.51. The lowest BCUT2D eigenvalue weighted by atomic mass is 10.1. The van der Waals surface area contributed by atoms with Crippen molar-refractivity contribution in [1.29, 1.82) is 0 Å². The Morgan fingerprint density at radius 3 is 2.66 bits per heavy atom. The van der Waals surface area contributed by atoms with Crippen molar-refractivity contribution >= 4 is 16.9 Å². The largest absolute Gasteiger partial charge is 0.493 e. The second-order valence-electron chi connectivity index (χ2n) is 8.38. The van der Waals surface area contributed by atoms with Crippen LogP contribution in [0.25, 0.3) is 16.7 Å². The highest BCUT2D eigenvalue weighted by Crippen LogP contribution is 2.40. The van der Waals surface area contributed by atoms with E-state index in [-0.39, 0.29) is 6.10 Å². The van der Waals surface area contributed by atoms with Crippen LogP contribution >= 0.6 is 0 Å². The molecule has 4 aromatic rings. The summed E-state index contributed by atoms with van der Waals surface area (Å²) in [5, 5.41) is 0. The van der Waals surface area contributed by atoms with Crippen LogP contribution in [0.15, 0.2) is 54.9 Å². The molecule has 7 heteroatoms. The Morgan fingerprint density at radius 2 is 1.88 bits per heavy atom. The molecule has 1 aliphatic rings. The number of rotatable bonds is 6. The third-order valence-electron chi connectivity index (χ3n) is 5.51. The van der Waals surface area contributed by atoms with Crippen LogP contribution in [0.1, 0.15) is 38.1 Å². The highest BCUT2D eigenvalue weighted by molar-refractivity contribution is 5.91. The summed E-state index contributed by atoms with van der Waals surface area (Å²) >= 11 is 0. The molecule has 2 aromatic heterocycles. The lowest BCUT2D eigenvalue weighted by molar-refractivity contribution is 0.0783. The van der Waals surface area contributed by atoms with Gasteiger partial charge >= 0.3 is 0 Å². The van der Waals surface area contributed by atoms with Gasteiger partial charge in [0.25, 0.3) is 0 Å². The van der Waals surface area contributed by atoms with Crippen LogP contribution in [0.3, 0.4) is 0 Å². The van der Waals surface area contributed by atoms with E-state index in [9.17, 15) is 0 Å². The van der Waals surface area contributed by atoms with Crippen LogP contribution in [0, 0.1) is 5.92 Å². The number of anilines is 1. The van der Waals surface area contributed by atoms with Gasteiger partial charge in [-0.3, -0.25) is 0 Å². The summed E-state index contributed by atoms with van der Waals surface area (Å²) < 4.78 is 19.8. The van der Waals surface area contributed by atoms with E-state index in [1.807, 2.05) is 55.5 Å². The Bertz CT molecular complexity index is 1260. The van der Waals surface area contributed by atoms with Crippen LogP contribution in [-0.2, 0) is 11.3 Å². The van der Waals surface area contributed by atoms with Crippen LogP contribution in [0.4, 0.5) is 5.82 Å². The van der Waals surface area contributed by atoms with Crippen molar-refractivity contribution in [1.82, 2.24) is 14.5 Å². The molecule has 0 aliphatic carbocycles. The van der Waals surface area contributed by atoms with Crippen molar-refractivity contribution in [3.8, 4) is 22.9 Å². The fraction of sp³-hybridized carbons (Fsp3) is 0.280. The normalized spacial score (nSPS) is 15.3. The number of benzene rings is 2. The second kappa shape index (κ2) is 8.16. The van der Waals surface area contributed by atoms with Gasteiger partial charge in [-0.25, -0.2) is 9.97 Å². The number of ether oxygens (including phenoxy) is 3. The number of nitrogens with zero attached hydrogens (tertiary/aromatic N) is 3. The number of hydrogen-bond acceptors (Lipinski definition) is 6. The number of nitrogen functional groups attached to an aromatic ring is 1. The van der Waals surface area contributed by atoms with Crippen LogP contribution < -0.4 is 15.2 Å². The van der Waals surface area contributed by atoms with E-state index < -0.39 is 0 Å². The maximum absolute atomic E-state index is 6.24. The maximum atomic E-state index is 6.24. The van der Waals surface area contributed by atoms with Gasteiger partial charge in [0.2, 0.25) is 0 Å². The summed E-state index contributed by atoms with van der Waals surface area (Å²) in [5.74, 6) is 3.18. The molecule has 0 saturated heterocycles.